The number of hydrogen-bond acceptors (Lipinski definition) is 6. The number of Topliss-reactive ketones (excluding diaryl/α,β-unsaturated/α-hetero) is 1. The molecule has 0 aliphatic carbocycles. The molecule has 7 nitrogen and oxygen atoms in total. The van der Waals surface area contributed by atoms with Crippen LogP contribution in [0, 0.1) is 5.41 Å². The number of anilines is 2. The van der Waals surface area contributed by atoms with E-state index in [4.69, 9.17) is 4.74 Å². The van der Waals surface area contributed by atoms with Crippen LogP contribution in [0.5, 0.6) is 0 Å². The summed E-state index contributed by atoms with van der Waals surface area (Å²) in [6.07, 6.45) is 0. The Bertz CT molecular complexity index is 1080. The summed E-state index contributed by atoms with van der Waals surface area (Å²) >= 11 is 0. The van der Waals surface area contributed by atoms with Crippen molar-refractivity contribution in [1.82, 2.24) is 0 Å². The Morgan fingerprint density at radius 3 is 2.03 bits per heavy atom. The second-order valence-corrected chi connectivity index (χ2v) is 8.94. The lowest BCUT2D eigenvalue weighted by molar-refractivity contribution is -0.123. The first-order chi connectivity index (χ1) is 15.0. The zero-order valence-electron chi connectivity index (χ0n) is 19.2. The van der Waals surface area contributed by atoms with Crippen LogP contribution in [-0.2, 0) is 14.3 Å². The number of nitrogens with zero attached hydrogens (tertiary/aromatic N) is 2. The molecule has 1 N–H and O–H groups in total. The molecule has 0 saturated carbocycles. The molecule has 1 heterocycles. The van der Waals surface area contributed by atoms with Crippen molar-refractivity contribution in [2.45, 2.75) is 26.8 Å². The summed E-state index contributed by atoms with van der Waals surface area (Å²) in [5.74, 6) is -2.02. The average molecular weight is 437 g/mol. The molecule has 0 aromatic heterocycles. The minimum absolute atomic E-state index is 0.0668. The van der Waals surface area contributed by atoms with Crippen molar-refractivity contribution < 1.29 is 24.2 Å². The van der Waals surface area contributed by atoms with Crippen molar-refractivity contribution in [2.75, 3.05) is 31.0 Å². The molecule has 7 heteroatoms. The summed E-state index contributed by atoms with van der Waals surface area (Å²) in [6.45, 7) is 5.25. The van der Waals surface area contributed by atoms with Gasteiger partial charge >= 0.3 is 5.97 Å². The Labute approximate surface area is 187 Å². The number of aliphatic hydroxyl groups is 1. The number of carbonyl (C=O) groups is 3. The highest BCUT2D eigenvalue weighted by Gasteiger charge is 2.46. The molecule has 1 aliphatic rings. The maximum absolute atomic E-state index is 13.3. The van der Waals surface area contributed by atoms with E-state index in [1.54, 1.807) is 45.0 Å². The molecule has 32 heavy (non-hydrogen) atoms. The molecule has 3 rings (SSSR count). The van der Waals surface area contributed by atoms with E-state index in [1.807, 2.05) is 43.3 Å². The van der Waals surface area contributed by atoms with Crippen molar-refractivity contribution in [2.24, 2.45) is 5.41 Å². The van der Waals surface area contributed by atoms with Crippen molar-refractivity contribution in [3.05, 3.63) is 71.0 Å². The van der Waals surface area contributed by atoms with Crippen molar-refractivity contribution in [3.8, 4) is 0 Å². The topological polar surface area (TPSA) is 87.1 Å². The van der Waals surface area contributed by atoms with Crippen LogP contribution in [0.1, 0.15) is 42.7 Å². The molecule has 1 unspecified atom stereocenters. The van der Waals surface area contributed by atoms with Gasteiger partial charge in [-0.2, -0.15) is 0 Å². The second kappa shape index (κ2) is 8.49. The van der Waals surface area contributed by atoms with E-state index >= 15 is 0 Å². The maximum Gasteiger partial charge on any atom is 0.337 e. The summed E-state index contributed by atoms with van der Waals surface area (Å²) < 4.78 is 4.73. The molecular weight excluding hydrogens is 408 g/mol. The first kappa shape index (κ1) is 23.1. The van der Waals surface area contributed by atoms with Crippen molar-refractivity contribution >= 4 is 29.0 Å². The van der Waals surface area contributed by atoms with Gasteiger partial charge in [0.15, 0.2) is 11.5 Å². The largest absolute Gasteiger partial charge is 0.503 e. The van der Waals surface area contributed by atoms with E-state index in [0.717, 1.165) is 5.69 Å². The highest BCUT2D eigenvalue weighted by atomic mass is 16.5. The van der Waals surface area contributed by atoms with Crippen molar-refractivity contribution in [1.29, 1.82) is 0 Å². The van der Waals surface area contributed by atoms with Gasteiger partial charge in [0, 0.05) is 30.9 Å². The third-order valence-electron chi connectivity index (χ3n) is 5.43. The van der Waals surface area contributed by atoms with Gasteiger partial charge in [-0.3, -0.25) is 14.5 Å². The Morgan fingerprint density at radius 2 is 1.56 bits per heavy atom. The van der Waals surface area contributed by atoms with Crippen LogP contribution in [0.3, 0.4) is 0 Å². The predicted octanol–water partition coefficient (Wildman–Crippen LogP) is 4.05. The van der Waals surface area contributed by atoms with Crippen LogP contribution >= 0.6 is 0 Å². The fraction of sp³-hybridized carbons (Fsp3) is 0.320. The van der Waals surface area contributed by atoms with Crippen LogP contribution in [0.25, 0.3) is 0 Å². The first-order valence-electron chi connectivity index (χ1n) is 10.2. The van der Waals surface area contributed by atoms with Crippen molar-refractivity contribution in [3.63, 3.8) is 0 Å². The summed E-state index contributed by atoms with van der Waals surface area (Å²) in [7, 11) is 5.13. The Kier molecular flexibility index (Phi) is 6.12. The smallest absolute Gasteiger partial charge is 0.337 e. The molecule has 0 radical (unpaired) electrons. The third kappa shape index (κ3) is 4.10. The van der Waals surface area contributed by atoms with Crippen LogP contribution in [0.2, 0.25) is 0 Å². The second-order valence-electron chi connectivity index (χ2n) is 8.94. The number of hydrogen-bond donors (Lipinski definition) is 1. The Morgan fingerprint density at radius 1 is 1.00 bits per heavy atom. The summed E-state index contributed by atoms with van der Waals surface area (Å²) in [6, 6.07) is 13.0. The first-order valence-corrected chi connectivity index (χ1v) is 10.2. The lowest BCUT2D eigenvalue weighted by atomic mass is 9.82. The monoisotopic (exact) mass is 436 g/mol. The lowest BCUT2D eigenvalue weighted by Crippen LogP contribution is -2.32. The fourth-order valence-electron chi connectivity index (χ4n) is 3.65. The number of aliphatic hydroxyl groups excluding tert-OH is 1. The quantitative estimate of drug-likeness (QED) is 0.712. The summed E-state index contributed by atoms with van der Waals surface area (Å²) in [4.78, 5) is 41.5. The van der Waals surface area contributed by atoms with Crippen LogP contribution in [-0.4, -0.2) is 44.0 Å². The molecule has 0 bridgehead atoms. The van der Waals surface area contributed by atoms with Gasteiger partial charge in [0.2, 0.25) is 0 Å². The summed E-state index contributed by atoms with van der Waals surface area (Å²) in [5, 5.41) is 10.8. The van der Waals surface area contributed by atoms with Crippen LogP contribution in [0.15, 0.2) is 59.9 Å². The minimum Gasteiger partial charge on any atom is -0.503 e. The minimum atomic E-state index is -0.797. The number of ether oxygens (including phenoxy) is 1. The van der Waals surface area contributed by atoms with E-state index in [-0.39, 0.29) is 11.4 Å². The van der Waals surface area contributed by atoms with Gasteiger partial charge in [-0.05, 0) is 42.0 Å². The normalized spacial score (nSPS) is 16.4. The number of ketones is 1. The zero-order chi connectivity index (χ0) is 23.8. The zero-order valence-corrected chi connectivity index (χ0v) is 19.2. The Hall–Kier alpha value is -3.61. The van der Waals surface area contributed by atoms with E-state index in [1.165, 1.54) is 12.0 Å². The standard InChI is InChI=1S/C25H28N2O5/c1-25(2,3)22(29)19-20(15-7-11-17(12-8-15)26(4)5)27(23(30)21(19)28)18-13-9-16(10-14-18)24(31)32-6/h7-14,20,28H,1-6H3. The van der Waals surface area contributed by atoms with E-state index in [9.17, 15) is 19.5 Å². The van der Waals surface area contributed by atoms with Crippen LogP contribution in [0.4, 0.5) is 11.4 Å². The molecule has 1 aliphatic heterocycles. The average Bonchev–Trinajstić information content (AvgIpc) is 3.02. The van der Waals surface area contributed by atoms with Gasteiger partial charge in [0.25, 0.3) is 5.91 Å². The molecule has 2 aromatic rings. The number of amides is 1. The SMILES string of the molecule is COC(=O)c1ccc(N2C(=O)C(O)=C(C(=O)C(C)(C)C)C2c2ccc(N(C)C)cc2)cc1. The van der Waals surface area contributed by atoms with E-state index < -0.39 is 29.1 Å². The molecule has 0 fully saturated rings. The molecule has 0 saturated heterocycles. The molecular formula is C25H28N2O5. The summed E-state index contributed by atoms with van der Waals surface area (Å²) in [5.41, 5.74) is 1.71. The van der Waals surface area contributed by atoms with Crippen LogP contribution < -0.4 is 9.80 Å². The predicted molar refractivity (Wildman–Crippen MR) is 123 cm³/mol. The fourth-order valence-corrected chi connectivity index (χ4v) is 3.65. The van der Waals surface area contributed by atoms with Gasteiger partial charge < -0.3 is 14.7 Å². The third-order valence-corrected chi connectivity index (χ3v) is 5.43. The van der Waals surface area contributed by atoms with E-state index in [0.29, 0.717) is 16.8 Å². The number of methoxy groups -OCH3 is 1. The molecule has 1 amide bonds. The molecule has 168 valence electrons. The number of rotatable bonds is 5. The highest BCUT2D eigenvalue weighted by molar-refractivity contribution is 6.17. The Balaban J connectivity index is 2.14. The van der Waals surface area contributed by atoms with E-state index in [2.05, 4.69) is 0 Å². The van der Waals surface area contributed by atoms with Gasteiger partial charge in [-0.15, -0.1) is 0 Å². The molecule has 1 atom stereocenters. The molecule has 0 spiro atoms. The molecule has 2 aromatic carbocycles. The number of benzene rings is 2. The number of carbonyl (C=O) groups excluding carboxylic acids is 3. The maximum atomic E-state index is 13.3. The van der Waals surface area contributed by atoms with Gasteiger partial charge in [-0.25, -0.2) is 4.79 Å². The highest BCUT2D eigenvalue weighted by Crippen LogP contribution is 2.43. The van der Waals surface area contributed by atoms with Gasteiger partial charge in [0.1, 0.15) is 0 Å². The lowest BCUT2D eigenvalue weighted by Gasteiger charge is -2.29. The van der Waals surface area contributed by atoms with Gasteiger partial charge in [0.05, 0.1) is 24.3 Å². The van der Waals surface area contributed by atoms with Gasteiger partial charge in [-0.1, -0.05) is 32.9 Å². The number of esters is 1.